The van der Waals surface area contributed by atoms with Gasteiger partial charge >= 0.3 is 138 Å². The fraction of sp³-hybridized carbons (Fsp3) is 0.154. The summed E-state index contributed by atoms with van der Waals surface area (Å²) in [7, 11) is 0. The van der Waals surface area contributed by atoms with E-state index in [4.69, 9.17) is 8.83 Å². The molecule has 0 unspecified atom stereocenters. The van der Waals surface area contributed by atoms with Crippen molar-refractivity contribution in [3.63, 3.8) is 0 Å². The Morgan fingerprint density at radius 1 is 0.655 bits per heavy atom. The van der Waals surface area contributed by atoms with E-state index in [1.54, 1.807) is 0 Å². The summed E-state index contributed by atoms with van der Waals surface area (Å²) in [5, 5.41) is 7.00. The van der Waals surface area contributed by atoms with Gasteiger partial charge in [0, 0.05) is 31.7 Å². The van der Waals surface area contributed by atoms with Gasteiger partial charge in [-0.3, -0.25) is 0 Å². The van der Waals surface area contributed by atoms with Gasteiger partial charge < -0.3 is 9.40 Å². The number of para-hydroxylation sites is 1. The maximum absolute atomic E-state index is 6.42. The van der Waals surface area contributed by atoms with Crippen LogP contribution in [0, 0.1) is 25.0 Å². The number of fused-ring (bicyclic) bond motifs is 7. The van der Waals surface area contributed by atoms with Crippen LogP contribution in [0.3, 0.4) is 0 Å². The fourth-order valence-electron chi connectivity index (χ4n) is 7.80. The summed E-state index contributed by atoms with van der Waals surface area (Å²) in [5.74, 6) is 7.74. The molecule has 0 fully saturated rings. The van der Waals surface area contributed by atoms with Crippen LogP contribution in [0.5, 0.6) is 0 Å². The molecule has 0 atom stereocenters. The Balaban J connectivity index is 0.000000171. The van der Waals surface area contributed by atoms with Crippen LogP contribution in [-0.4, -0.2) is 23.2 Å². The van der Waals surface area contributed by atoms with E-state index in [0.717, 1.165) is 78.4 Å². The first-order chi connectivity index (χ1) is 27.6. The molecule has 4 nitrogen and oxygen atoms in total. The molecule has 58 heavy (non-hydrogen) atoms. The summed E-state index contributed by atoms with van der Waals surface area (Å²) < 4.78 is 13.7. The van der Waals surface area contributed by atoms with Gasteiger partial charge in [0.2, 0.25) is 0 Å². The van der Waals surface area contributed by atoms with Crippen molar-refractivity contribution in [2.45, 2.75) is 44.5 Å². The Bertz CT molecular complexity index is 3080. The van der Waals surface area contributed by atoms with E-state index in [0.29, 0.717) is 5.92 Å². The molecule has 0 aliphatic heterocycles. The first-order valence-corrected chi connectivity index (χ1v) is 27.1. The average molecular weight is 994 g/mol. The maximum Gasteiger partial charge on any atom is 0 e. The van der Waals surface area contributed by atoms with Crippen molar-refractivity contribution >= 4 is 72.3 Å². The maximum atomic E-state index is 6.42. The molecule has 0 N–H and O–H groups in total. The quantitative estimate of drug-likeness (QED) is 0.123. The monoisotopic (exact) mass is 995 g/mol. The van der Waals surface area contributed by atoms with Crippen molar-refractivity contribution in [3.05, 3.63) is 163 Å². The van der Waals surface area contributed by atoms with E-state index in [2.05, 4.69) is 163 Å². The van der Waals surface area contributed by atoms with E-state index in [-0.39, 0.29) is 20.1 Å². The molecule has 0 bridgehead atoms. The van der Waals surface area contributed by atoms with Gasteiger partial charge in [0.1, 0.15) is 5.58 Å². The van der Waals surface area contributed by atoms with Crippen molar-refractivity contribution in [1.82, 2.24) is 9.97 Å². The Hall–Kier alpha value is -5.33. The third-order valence-electron chi connectivity index (χ3n) is 10.7. The standard InChI is InChI=1S/C32H26NO.C20H18GeNO.Ir/c1-20(2)15-22-13-14-33-30(18-22)29-17-21(3)16-28-27-19-24(11-12-31(27)34-32(28)29)26-10-6-8-23-7-4-5-9-25(23)26;1-21(2,3)15-9-10-18(22-13-15)14-8-11-20-17(12-14)16-6-4-5-7-19(16)23-20;/h4-14,16,18-20H,15H2,1-3H3;4-7,9-13H,1-3H3;/q2*-1;. The summed E-state index contributed by atoms with van der Waals surface area (Å²) in [6.45, 7) is 6.57. The van der Waals surface area contributed by atoms with Crippen LogP contribution in [0.25, 0.3) is 88.3 Å². The molecule has 0 saturated heterocycles. The number of nitrogens with zero attached hydrogens (tertiary/aromatic N) is 2. The van der Waals surface area contributed by atoms with Crippen LogP contribution >= 0.6 is 0 Å². The Morgan fingerprint density at radius 2 is 1.41 bits per heavy atom. The van der Waals surface area contributed by atoms with Crippen LogP contribution in [0.1, 0.15) is 25.0 Å². The second kappa shape index (κ2) is 16.1. The number of rotatable bonds is 6. The predicted octanol–water partition coefficient (Wildman–Crippen LogP) is 13.8. The van der Waals surface area contributed by atoms with Gasteiger partial charge in [-0.25, -0.2) is 0 Å². The van der Waals surface area contributed by atoms with Gasteiger partial charge in [-0.05, 0) is 58.1 Å². The molecule has 6 heteroatoms. The number of pyridine rings is 2. The van der Waals surface area contributed by atoms with Crippen LogP contribution < -0.4 is 4.40 Å². The van der Waals surface area contributed by atoms with E-state index in [1.807, 2.05) is 36.7 Å². The van der Waals surface area contributed by atoms with Gasteiger partial charge in [0.25, 0.3) is 0 Å². The van der Waals surface area contributed by atoms with E-state index in [1.165, 1.54) is 31.9 Å². The minimum atomic E-state index is -1.81. The molecule has 0 saturated carbocycles. The molecule has 0 aliphatic carbocycles. The molecule has 0 amide bonds. The minimum Gasteiger partial charge on any atom is 0 e. The van der Waals surface area contributed by atoms with E-state index >= 15 is 0 Å². The van der Waals surface area contributed by atoms with Crippen LogP contribution in [-0.2, 0) is 26.5 Å². The summed E-state index contributed by atoms with van der Waals surface area (Å²) in [6.07, 6.45) is 4.97. The second-order valence-electron chi connectivity index (χ2n) is 16.5. The minimum absolute atomic E-state index is 0. The van der Waals surface area contributed by atoms with Gasteiger partial charge in [0.05, 0.1) is 5.58 Å². The third-order valence-corrected chi connectivity index (χ3v) is 14.9. The van der Waals surface area contributed by atoms with Gasteiger partial charge in [0.15, 0.2) is 0 Å². The fourth-order valence-corrected chi connectivity index (χ4v) is 9.97. The SMILES string of the molecule is Cc1[c-]c(-c2cc(CC(C)C)ccn2)c2oc3ccc(-c4cccc5ccccc45)cc3c2c1.[CH3][Ge]([CH3])([CH3])[c]1ccc(-c2[c-]cc3oc4ccccc4c3c2)nc1.[Ir]. The number of furan rings is 2. The molecule has 0 spiro atoms. The number of benzene rings is 6. The third kappa shape index (κ3) is 7.79. The number of hydrogen-bond acceptors (Lipinski definition) is 4. The molecule has 10 rings (SSSR count). The van der Waals surface area contributed by atoms with E-state index in [9.17, 15) is 0 Å². The molecular formula is C52H44GeIrN2O2-2. The first kappa shape index (κ1) is 39.5. The molecule has 0 aliphatic rings. The topological polar surface area (TPSA) is 52.1 Å². The Kier molecular flexibility index (Phi) is 11.0. The molecule has 4 aromatic heterocycles. The van der Waals surface area contributed by atoms with Crippen LogP contribution in [0.4, 0.5) is 0 Å². The molecule has 4 heterocycles. The summed E-state index contributed by atoms with van der Waals surface area (Å²) in [6, 6.07) is 51.3. The van der Waals surface area contributed by atoms with Crippen molar-refractivity contribution in [2.75, 3.05) is 0 Å². The van der Waals surface area contributed by atoms with E-state index < -0.39 is 13.3 Å². The number of aryl methyl sites for hydroxylation is 1. The zero-order valence-electron chi connectivity index (χ0n) is 33.6. The van der Waals surface area contributed by atoms with Gasteiger partial charge in [-0.1, -0.05) is 91.9 Å². The molecule has 6 aromatic carbocycles. The Labute approximate surface area is 356 Å². The van der Waals surface area contributed by atoms with Gasteiger partial charge in [-0.2, -0.15) is 0 Å². The first-order valence-electron chi connectivity index (χ1n) is 19.7. The number of aromatic nitrogens is 2. The molecule has 10 aromatic rings. The number of hydrogen-bond donors (Lipinski definition) is 0. The average Bonchev–Trinajstić information content (AvgIpc) is 3.78. The van der Waals surface area contributed by atoms with Crippen molar-refractivity contribution in [3.8, 4) is 33.6 Å². The molecular weight excluding hydrogens is 949 g/mol. The molecule has 1 radical (unpaired) electrons. The van der Waals surface area contributed by atoms with Crippen molar-refractivity contribution in [1.29, 1.82) is 0 Å². The van der Waals surface area contributed by atoms with Crippen molar-refractivity contribution < 1.29 is 28.9 Å². The molecule has 289 valence electrons. The van der Waals surface area contributed by atoms with Crippen LogP contribution in [0.15, 0.2) is 149 Å². The largest absolute Gasteiger partial charge is 0 e. The van der Waals surface area contributed by atoms with Gasteiger partial charge in [-0.15, -0.1) is 17.7 Å². The predicted molar refractivity (Wildman–Crippen MR) is 241 cm³/mol. The zero-order valence-corrected chi connectivity index (χ0v) is 38.1. The van der Waals surface area contributed by atoms with Crippen LogP contribution in [0.2, 0.25) is 17.3 Å². The normalized spacial score (nSPS) is 11.7. The smallest absolute Gasteiger partial charge is 0 e. The Morgan fingerprint density at radius 3 is 2.21 bits per heavy atom. The second-order valence-corrected chi connectivity index (χ2v) is 27.1. The summed E-state index contributed by atoms with van der Waals surface area (Å²) in [5.41, 5.74) is 12.1. The summed E-state index contributed by atoms with van der Waals surface area (Å²) in [4.78, 5) is 9.36. The zero-order chi connectivity index (χ0) is 39.3. The van der Waals surface area contributed by atoms with Crippen molar-refractivity contribution in [2.24, 2.45) is 5.92 Å². The summed E-state index contributed by atoms with van der Waals surface area (Å²) >= 11 is -1.81.